The summed E-state index contributed by atoms with van der Waals surface area (Å²) < 4.78 is 1.32. The molecule has 15 heavy (non-hydrogen) atoms. The zero-order valence-electron chi connectivity index (χ0n) is 9.46. The maximum Gasteiger partial charge on any atom is 0.0239 e. The van der Waals surface area contributed by atoms with E-state index in [0.29, 0.717) is 5.54 Å². The Bertz CT molecular complexity index is 329. The van der Waals surface area contributed by atoms with E-state index in [1.54, 1.807) is 0 Å². The van der Waals surface area contributed by atoms with Crippen LogP contribution in [0.15, 0.2) is 24.3 Å². The molecule has 1 nitrogen and oxygen atoms in total. The molecule has 0 aliphatic carbocycles. The number of benzene rings is 1. The summed E-state index contributed by atoms with van der Waals surface area (Å²) >= 11 is 2.35. The quantitative estimate of drug-likeness (QED) is 0.753. The summed E-state index contributed by atoms with van der Waals surface area (Å²) in [6.45, 7) is 7.06. The highest BCUT2D eigenvalue weighted by molar-refractivity contribution is 14.1. The van der Waals surface area contributed by atoms with Crippen LogP contribution in [-0.4, -0.2) is 17.0 Å². The number of likely N-dealkylation sites (tertiary alicyclic amines) is 1. The van der Waals surface area contributed by atoms with Crippen LogP contribution < -0.4 is 0 Å². The Morgan fingerprint density at radius 3 is 2.47 bits per heavy atom. The lowest BCUT2D eigenvalue weighted by Crippen LogP contribution is -2.37. The van der Waals surface area contributed by atoms with Gasteiger partial charge >= 0.3 is 0 Å². The third kappa shape index (κ3) is 2.72. The highest BCUT2D eigenvalue weighted by Gasteiger charge is 2.31. The Morgan fingerprint density at radius 1 is 1.27 bits per heavy atom. The van der Waals surface area contributed by atoms with Crippen molar-refractivity contribution >= 4 is 22.6 Å². The second-order valence-electron chi connectivity index (χ2n) is 4.96. The smallest absolute Gasteiger partial charge is 0.0239 e. The second kappa shape index (κ2) is 4.42. The molecular weight excluding hydrogens is 297 g/mol. The average molecular weight is 315 g/mol. The van der Waals surface area contributed by atoms with Crippen LogP contribution in [0.3, 0.4) is 0 Å². The van der Waals surface area contributed by atoms with Crippen molar-refractivity contribution in [3.8, 4) is 0 Å². The summed E-state index contributed by atoms with van der Waals surface area (Å²) in [6, 6.07) is 8.88. The molecule has 0 saturated carbocycles. The predicted octanol–water partition coefficient (Wildman–Crippen LogP) is 3.67. The van der Waals surface area contributed by atoms with E-state index in [0.717, 1.165) is 6.54 Å². The average Bonchev–Trinajstić information content (AvgIpc) is 2.50. The van der Waals surface area contributed by atoms with E-state index >= 15 is 0 Å². The molecular formula is C13H18IN. The molecule has 0 bridgehead atoms. The number of hydrogen-bond donors (Lipinski definition) is 0. The molecule has 82 valence electrons. The van der Waals surface area contributed by atoms with Gasteiger partial charge in [0.15, 0.2) is 0 Å². The lowest BCUT2D eigenvalue weighted by Gasteiger charge is -2.31. The zero-order chi connectivity index (χ0) is 10.9. The van der Waals surface area contributed by atoms with Crippen LogP contribution in [0.25, 0.3) is 0 Å². The first-order valence-electron chi connectivity index (χ1n) is 5.57. The van der Waals surface area contributed by atoms with E-state index in [-0.39, 0.29) is 0 Å². The van der Waals surface area contributed by atoms with Crippen LogP contribution >= 0.6 is 22.6 Å². The van der Waals surface area contributed by atoms with Gasteiger partial charge in [0.1, 0.15) is 0 Å². The van der Waals surface area contributed by atoms with Crippen LogP contribution in [0.4, 0.5) is 0 Å². The largest absolute Gasteiger partial charge is 0.294 e. The molecule has 0 aromatic heterocycles. The molecule has 1 heterocycles. The normalized spacial score (nSPS) is 20.7. The van der Waals surface area contributed by atoms with Gasteiger partial charge < -0.3 is 0 Å². The van der Waals surface area contributed by atoms with Gasteiger partial charge in [-0.05, 0) is 73.5 Å². The molecule has 0 spiro atoms. The second-order valence-corrected chi connectivity index (χ2v) is 6.21. The van der Waals surface area contributed by atoms with Gasteiger partial charge in [0.2, 0.25) is 0 Å². The highest BCUT2D eigenvalue weighted by atomic mass is 127. The Balaban J connectivity index is 2.06. The molecule has 2 heteroatoms. The third-order valence-electron chi connectivity index (χ3n) is 3.36. The van der Waals surface area contributed by atoms with Gasteiger partial charge in [0, 0.05) is 15.7 Å². The van der Waals surface area contributed by atoms with E-state index < -0.39 is 0 Å². The van der Waals surface area contributed by atoms with Crippen molar-refractivity contribution in [1.29, 1.82) is 0 Å². The number of rotatable bonds is 2. The summed E-state index contributed by atoms with van der Waals surface area (Å²) in [5, 5.41) is 0. The number of nitrogens with zero attached hydrogens (tertiary/aromatic N) is 1. The van der Waals surface area contributed by atoms with Crippen molar-refractivity contribution in [2.24, 2.45) is 0 Å². The minimum Gasteiger partial charge on any atom is -0.294 e. The fourth-order valence-corrected chi connectivity index (χ4v) is 2.63. The molecule has 1 aromatic rings. The van der Waals surface area contributed by atoms with Crippen molar-refractivity contribution in [2.45, 2.75) is 38.8 Å². The minimum atomic E-state index is 0.392. The Morgan fingerprint density at radius 2 is 1.93 bits per heavy atom. The molecule has 1 aliphatic heterocycles. The lowest BCUT2D eigenvalue weighted by atomic mass is 10.0. The van der Waals surface area contributed by atoms with Gasteiger partial charge in [-0.15, -0.1) is 0 Å². The first-order valence-corrected chi connectivity index (χ1v) is 6.65. The Kier molecular flexibility index (Phi) is 3.36. The predicted molar refractivity (Wildman–Crippen MR) is 72.9 cm³/mol. The monoisotopic (exact) mass is 315 g/mol. The fraction of sp³-hybridized carbons (Fsp3) is 0.538. The lowest BCUT2D eigenvalue weighted by molar-refractivity contribution is 0.166. The summed E-state index contributed by atoms with van der Waals surface area (Å²) in [7, 11) is 0. The van der Waals surface area contributed by atoms with E-state index in [2.05, 4.69) is 65.6 Å². The fourth-order valence-electron chi connectivity index (χ4n) is 2.27. The Labute approximate surface area is 106 Å². The maximum absolute atomic E-state index is 2.59. The summed E-state index contributed by atoms with van der Waals surface area (Å²) in [5.74, 6) is 0. The molecule has 0 amide bonds. The van der Waals surface area contributed by atoms with Crippen molar-refractivity contribution in [1.82, 2.24) is 4.90 Å². The first-order chi connectivity index (χ1) is 7.08. The topological polar surface area (TPSA) is 3.24 Å². The van der Waals surface area contributed by atoms with E-state index in [9.17, 15) is 0 Å². The molecule has 1 aromatic carbocycles. The first kappa shape index (κ1) is 11.4. The Hall–Kier alpha value is -0.0900. The van der Waals surface area contributed by atoms with E-state index in [1.165, 1.54) is 28.5 Å². The van der Waals surface area contributed by atoms with Crippen molar-refractivity contribution in [3.63, 3.8) is 0 Å². The molecule has 0 N–H and O–H groups in total. The molecule has 2 rings (SSSR count). The molecule has 0 radical (unpaired) electrons. The third-order valence-corrected chi connectivity index (χ3v) is 4.08. The van der Waals surface area contributed by atoms with Crippen LogP contribution in [0, 0.1) is 3.57 Å². The number of hydrogen-bond acceptors (Lipinski definition) is 1. The van der Waals surface area contributed by atoms with Crippen molar-refractivity contribution in [2.75, 3.05) is 6.54 Å². The van der Waals surface area contributed by atoms with Crippen molar-refractivity contribution < 1.29 is 0 Å². The molecule has 1 saturated heterocycles. The minimum absolute atomic E-state index is 0.392. The molecule has 0 unspecified atom stereocenters. The van der Waals surface area contributed by atoms with Gasteiger partial charge in [-0.3, -0.25) is 4.90 Å². The standard InChI is InChI=1S/C13H18IN/c1-13(2)8-3-9-15(13)10-11-4-6-12(14)7-5-11/h4-7H,3,8-10H2,1-2H3. The SMILES string of the molecule is CC1(C)CCCN1Cc1ccc(I)cc1. The van der Waals surface area contributed by atoms with Gasteiger partial charge in [-0.1, -0.05) is 12.1 Å². The summed E-state index contributed by atoms with van der Waals surface area (Å²) in [5.41, 5.74) is 1.83. The highest BCUT2D eigenvalue weighted by Crippen LogP contribution is 2.29. The van der Waals surface area contributed by atoms with Gasteiger partial charge in [0.25, 0.3) is 0 Å². The van der Waals surface area contributed by atoms with Crippen LogP contribution in [0.2, 0.25) is 0 Å². The van der Waals surface area contributed by atoms with Crippen molar-refractivity contribution in [3.05, 3.63) is 33.4 Å². The van der Waals surface area contributed by atoms with Gasteiger partial charge in [-0.25, -0.2) is 0 Å². The van der Waals surface area contributed by atoms with Gasteiger partial charge in [-0.2, -0.15) is 0 Å². The van der Waals surface area contributed by atoms with Crippen LogP contribution in [-0.2, 0) is 6.54 Å². The van der Waals surface area contributed by atoms with Gasteiger partial charge in [0.05, 0.1) is 0 Å². The molecule has 0 atom stereocenters. The van der Waals surface area contributed by atoms with E-state index in [1.807, 2.05) is 0 Å². The zero-order valence-corrected chi connectivity index (χ0v) is 11.6. The molecule has 1 fully saturated rings. The number of halogens is 1. The van der Waals surface area contributed by atoms with Crippen LogP contribution in [0.5, 0.6) is 0 Å². The van der Waals surface area contributed by atoms with E-state index in [4.69, 9.17) is 0 Å². The summed E-state index contributed by atoms with van der Waals surface area (Å²) in [4.78, 5) is 2.59. The maximum atomic E-state index is 2.59. The molecule has 1 aliphatic rings. The summed E-state index contributed by atoms with van der Waals surface area (Å²) in [6.07, 6.45) is 2.68. The van der Waals surface area contributed by atoms with Crippen LogP contribution in [0.1, 0.15) is 32.3 Å².